The van der Waals surface area contributed by atoms with Crippen LogP contribution in [0.3, 0.4) is 0 Å². The average molecular weight is 494 g/mol. The van der Waals surface area contributed by atoms with Crippen LogP contribution in [0.25, 0.3) is 44.5 Å². The summed E-state index contributed by atoms with van der Waals surface area (Å²) in [4.78, 5) is 33.1. The van der Waals surface area contributed by atoms with Crippen molar-refractivity contribution in [3.8, 4) is 22.5 Å². The van der Waals surface area contributed by atoms with E-state index in [1.807, 2.05) is 35.2 Å². The van der Waals surface area contributed by atoms with Gasteiger partial charge in [-0.1, -0.05) is 30.3 Å². The van der Waals surface area contributed by atoms with Crippen LogP contribution in [0, 0.1) is 11.8 Å². The Morgan fingerprint density at radius 3 is 2.62 bits per heavy atom. The molecule has 0 bridgehead atoms. The van der Waals surface area contributed by atoms with E-state index in [1.54, 1.807) is 28.8 Å². The molecular formula is C29H27N5O3. The Balaban J connectivity index is 1.24. The predicted molar refractivity (Wildman–Crippen MR) is 141 cm³/mol. The molecule has 0 radical (unpaired) electrons. The Bertz CT molecular complexity index is 1710. The maximum Gasteiger partial charge on any atom is 0.264 e. The van der Waals surface area contributed by atoms with Gasteiger partial charge in [0, 0.05) is 43.5 Å². The van der Waals surface area contributed by atoms with Crippen molar-refractivity contribution in [2.24, 2.45) is 18.9 Å². The second-order valence-corrected chi connectivity index (χ2v) is 10.3. The lowest BCUT2D eigenvalue weighted by Gasteiger charge is -2.18. The monoisotopic (exact) mass is 493 g/mol. The van der Waals surface area contributed by atoms with Gasteiger partial charge < -0.3 is 9.32 Å². The number of likely N-dealkylation sites (tertiary alicyclic amines) is 1. The van der Waals surface area contributed by atoms with Crippen LogP contribution in [-0.4, -0.2) is 43.2 Å². The fraction of sp³-hybridized carbons (Fsp3) is 0.310. The molecule has 1 atom stereocenters. The van der Waals surface area contributed by atoms with E-state index in [-0.39, 0.29) is 23.3 Å². The Morgan fingerprint density at radius 2 is 1.81 bits per heavy atom. The minimum atomic E-state index is -0.0884. The van der Waals surface area contributed by atoms with E-state index in [0.717, 1.165) is 53.5 Å². The average Bonchev–Trinajstić information content (AvgIpc) is 3.29. The van der Waals surface area contributed by atoms with Crippen molar-refractivity contribution in [1.82, 2.24) is 24.2 Å². The molecule has 3 aromatic heterocycles. The lowest BCUT2D eigenvalue weighted by Crippen LogP contribution is -2.32. The molecule has 7 rings (SSSR count). The zero-order chi connectivity index (χ0) is 25.1. The zero-order valence-corrected chi connectivity index (χ0v) is 20.6. The summed E-state index contributed by atoms with van der Waals surface area (Å²) in [5, 5.41) is 5.85. The molecule has 4 heterocycles. The molecule has 8 heteroatoms. The van der Waals surface area contributed by atoms with E-state index in [9.17, 15) is 9.59 Å². The minimum Gasteiger partial charge on any atom is -0.464 e. The van der Waals surface area contributed by atoms with E-state index in [2.05, 4.69) is 23.3 Å². The van der Waals surface area contributed by atoms with Crippen molar-refractivity contribution in [2.75, 3.05) is 13.1 Å². The van der Waals surface area contributed by atoms with E-state index < -0.39 is 0 Å². The van der Waals surface area contributed by atoms with Crippen molar-refractivity contribution >= 4 is 27.9 Å². The van der Waals surface area contributed by atoms with Crippen molar-refractivity contribution in [2.45, 2.75) is 25.8 Å². The number of hydrogen-bond donors (Lipinski definition) is 0. The molecule has 2 fully saturated rings. The van der Waals surface area contributed by atoms with Gasteiger partial charge in [0.05, 0.1) is 12.5 Å². The molecule has 8 nitrogen and oxygen atoms in total. The highest BCUT2D eigenvalue weighted by Crippen LogP contribution is 2.33. The first-order valence-electron chi connectivity index (χ1n) is 12.8. The smallest absolute Gasteiger partial charge is 0.264 e. The maximum atomic E-state index is 13.6. The SMILES string of the molecule is Cn1ncc2c(=O)n(CC3CCN(C(=O)C4CC4)C3)c(-c3ccc(-c4ccc5occc5c4)cc3)nc21. The summed E-state index contributed by atoms with van der Waals surface area (Å²) in [7, 11) is 1.80. The first-order chi connectivity index (χ1) is 18.0. The minimum absolute atomic E-state index is 0.0884. The van der Waals surface area contributed by atoms with Gasteiger partial charge in [0.1, 0.15) is 16.8 Å². The van der Waals surface area contributed by atoms with Gasteiger partial charge in [-0.3, -0.25) is 18.8 Å². The van der Waals surface area contributed by atoms with Crippen molar-refractivity contribution in [3.63, 3.8) is 0 Å². The molecular weight excluding hydrogens is 466 g/mol. The summed E-state index contributed by atoms with van der Waals surface area (Å²) in [6.07, 6.45) is 6.21. The highest BCUT2D eigenvalue weighted by molar-refractivity contribution is 5.84. The van der Waals surface area contributed by atoms with E-state index >= 15 is 0 Å². The Kier molecular flexibility index (Phi) is 5.02. The van der Waals surface area contributed by atoms with E-state index in [0.29, 0.717) is 29.9 Å². The van der Waals surface area contributed by atoms with Crippen LogP contribution in [0.15, 0.2) is 70.2 Å². The number of furan rings is 1. The van der Waals surface area contributed by atoms with Crippen LogP contribution in [0.2, 0.25) is 0 Å². The van der Waals surface area contributed by atoms with Gasteiger partial charge in [-0.05, 0) is 54.5 Å². The van der Waals surface area contributed by atoms with Crippen LogP contribution >= 0.6 is 0 Å². The summed E-state index contributed by atoms with van der Waals surface area (Å²) in [6.45, 7) is 1.99. The molecule has 2 aliphatic rings. The Hall–Kier alpha value is -4.20. The van der Waals surface area contributed by atoms with Gasteiger partial charge in [-0.15, -0.1) is 0 Å². The standard InChI is InChI=1S/C29H27N5O3/c1-32-27-24(15-30-32)29(36)34(17-18-10-12-33(16-18)28(35)21-6-7-21)26(31-27)20-4-2-19(3-5-20)22-8-9-25-23(14-22)11-13-37-25/h2-5,8-9,11,13-15,18,21H,6-7,10,12,16-17H2,1H3. The fourth-order valence-electron chi connectivity index (χ4n) is 5.49. The lowest BCUT2D eigenvalue weighted by molar-refractivity contribution is -0.131. The number of aromatic nitrogens is 4. The van der Waals surface area contributed by atoms with Crippen LogP contribution < -0.4 is 5.56 Å². The lowest BCUT2D eigenvalue weighted by atomic mass is 10.0. The molecule has 5 aromatic rings. The normalized spacial score (nSPS) is 17.8. The molecule has 186 valence electrons. The van der Waals surface area contributed by atoms with Gasteiger partial charge in [-0.25, -0.2) is 4.98 Å². The number of aryl methyl sites for hydroxylation is 1. The van der Waals surface area contributed by atoms with Crippen molar-refractivity contribution in [1.29, 1.82) is 0 Å². The first kappa shape index (κ1) is 22.0. The molecule has 1 amide bonds. The molecule has 0 N–H and O–H groups in total. The summed E-state index contributed by atoms with van der Waals surface area (Å²) in [5.41, 5.74) is 4.39. The van der Waals surface area contributed by atoms with Gasteiger partial charge in [0.15, 0.2) is 5.65 Å². The summed E-state index contributed by atoms with van der Waals surface area (Å²) in [6, 6.07) is 16.3. The van der Waals surface area contributed by atoms with Gasteiger partial charge >= 0.3 is 0 Å². The third-order valence-electron chi connectivity index (χ3n) is 7.74. The summed E-state index contributed by atoms with van der Waals surface area (Å²) < 4.78 is 8.90. The summed E-state index contributed by atoms with van der Waals surface area (Å²) in [5.74, 6) is 1.35. The second-order valence-electron chi connectivity index (χ2n) is 10.3. The van der Waals surface area contributed by atoms with Gasteiger partial charge in [-0.2, -0.15) is 5.10 Å². The number of amides is 1. The number of fused-ring (bicyclic) bond motifs is 2. The fourth-order valence-corrected chi connectivity index (χ4v) is 5.49. The number of benzene rings is 2. The van der Waals surface area contributed by atoms with Crippen LogP contribution in [-0.2, 0) is 18.4 Å². The highest BCUT2D eigenvalue weighted by atomic mass is 16.3. The number of rotatable bonds is 5. The van der Waals surface area contributed by atoms with Crippen LogP contribution in [0.4, 0.5) is 0 Å². The largest absolute Gasteiger partial charge is 0.464 e. The summed E-state index contributed by atoms with van der Waals surface area (Å²) >= 11 is 0. The molecule has 0 spiro atoms. The first-order valence-corrected chi connectivity index (χ1v) is 12.8. The van der Waals surface area contributed by atoms with E-state index in [4.69, 9.17) is 9.40 Å². The number of hydrogen-bond acceptors (Lipinski definition) is 5. The molecule has 1 saturated carbocycles. The Labute approximate surface area is 213 Å². The highest BCUT2D eigenvalue weighted by Gasteiger charge is 2.37. The predicted octanol–water partition coefficient (Wildman–Crippen LogP) is 4.47. The topological polar surface area (TPSA) is 86.2 Å². The number of nitrogens with zero attached hydrogens (tertiary/aromatic N) is 5. The zero-order valence-electron chi connectivity index (χ0n) is 20.6. The number of carbonyl (C=O) groups excluding carboxylic acids is 1. The van der Waals surface area contributed by atoms with Crippen molar-refractivity contribution in [3.05, 3.63) is 71.3 Å². The third-order valence-corrected chi connectivity index (χ3v) is 7.74. The number of carbonyl (C=O) groups is 1. The molecule has 1 saturated heterocycles. The molecule has 1 unspecified atom stereocenters. The molecule has 2 aromatic carbocycles. The van der Waals surface area contributed by atoms with Gasteiger partial charge in [0.25, 0.3) is 5.56 Å². The van der Waals surface area contributed by atoms with Crippen molar-refractivity contribution < 1.29 is 9.21 Å². The third kappa shape index (κ3) is 3.84. The molecule has 1 aliphatic carbocycles. The second kappa shape index (κ2) is 8.44. The van der Waals surface area contributed by atoms with Crippen LogP contribution in [0.1, 0.15) is 19.3 Å². The van der Waals surface area contributed by atoms with Crippen LogP contribution in [0.5, 0.6) is 0 Å². The van der Waals surface area contributed by atoms with Gasteiger partial charge in [0.2, 0.25) is 5.91 Å². The molecule has 37 heavy (non-hydrogen) atoms. The quantitative estimate of drug-likeness (QED) is 0.361. The molecule has 1 aliphatic heterocycles. The Morgan fingerprint density at radius 1 is 1.03 bits per heavy atom. The van der Waals surface area contributed by atoms with E-state index in [1.165, 1.54) is 0 Å². The maximum absolute atomic E-state index is 13.6.